The van der Waals surface area contributed by atoms with Gasteiger partial charge in [-0.25, -0.2) is 4.79 Å². The van der Waals surface area contributed by atoms with Gasteiger partial charge in [-0.1, -0.05) is 178 Å². The molecule has 0 aromatic rings. The van der Waals surface area contributed by atoms with Crippen LogP contribution in [0.5, 0.6) is 0 Å². The molecule has 4 rings (SSSR count). The van der Waals surface area contributed by atoms with Gasteiger partial charge < -0.3 is 4.74 Å². The molecule has 0 radical (unpaired) electrons. The van der Waals surface area contributed by atoms with E-state index < -0.39 is 0 Å². The molecule has 3 saturated carbocycles. The molecule has 0 amide bonds. The first-order valence-corrected chi connectivity index (χ1v) is 21.6. The lowest BCUT2D eigenvalue weighted by atomic mass is 9.47. The molecule has 4 aliphatic carbocycles. The van der Waals surface area contributed by atoms with Gasteiger partial charge in [0, 0.05) is 12.5 Å². The summed E-state index contributed by atoms with van der Waals surface area (Å²) in [6.07, 6.45) is 51.3. The lowest BCUT2D eigenvalue weighted by Crippen LogP contribution is -2.51. The van der Waals surface area contributed by atoms with Crippen LogP contribution in [0.3, 0.4) is 0 Å². The maximum atomic E-state index is 12.7. The number of carbonyl (C=O) groups excluding carboxylic acids is 1. The van der Waals surface area contributed by atoms with E-state index in [-0.39, 0.29) is 17.5 Å². The van der Waals surface area contributed by atoms with E-state index in [2.05, 4.69) is 71.9 Å². The van der Waals surface area contributed by atoms with Gasteiger partial charge in [0.25, 0.3) is 0 Å². The second kappa shape index (κ2) is 21.4. The van der Waals surface area contributed by atoms with Gasteiger partial charge in [0.1, 0.15) is 6.10 Å². The molecule has 2 nitrogen and oxygen atoms in total. The number of esters is 1. The van der Waals surface area contributed by atoms with Crippen molar-refractivity contribution < 1.29 is 9.53 Å². The second-order valence-corrected chi connectivity index (χ2v) is 17.8. The summed E-state index contributed by atoms with van der Waals surface area (Å²) in [5, 5.41) is 0. The van der Waals surface area contributed by atoms with Crippen LogP contribution in [0.4, 0.5) is 0 Å². The van der Waals surface area contributed by atoms with Gasteiger partial charge in [-0.05, 0) is 104 Å². The fraction of sp³-hybridized carbons (Fsp3) is 0.694. The molecule has 0 aliphatic heterocycles. The Morgan fingerprint density at radius 3 is 2.14 bits per heavy atom. The highest BCUT2D eigenvalue weighted by molar-refractivity contribution is 5.82. The standard InChI is InChI=1S/C49H76O2/c1-7-8-9-10-11-12-13-14-15-16-17-18-19-20-21-22-23-24-25-29-47(50)51-42-34-36-48(5)41(38-42)30-31-43-45-33-32-44(40(4)28-26-27-39(2)3)49(45,6)37-35-46(43)48/h15-25,29-30,39-40,42-46H,7-14,26-28,31-38H2,1-6H3/t40-,42?,43?,44-,45?,46?,48+,49-/m1/s1. The third-order valence-electron chi connectivity index (χ3n) is 13.9. The summed E-state index contributed by atoms with van der Waals surface area (Å²) in [6.45, 7) is 14.8. The Labute approximate surface area is 315 Å². The van der Waals surface area contributed by atoms with Crippen molar-refractivity contribution in [1.29, 1.82) is 0 Å². The van der Waals surface area contributed by atoms with E-state index in [0.717, 1.165) is 54.8 Å². The first-order valence-electron chi connectivity index (χ1n) is 21.6. The average molecular weight is 697 g/mol. The highest BCUT2D eigenvalue weighted by Gasteiger charge is 2.59. The summed E-state index contributed by atoms with van der Waals surface area (Å²) in [5.74, 6) is 4.90. The summed E-state index contributed by atoms with van der Waals surface area (Å²) in [7, 11) is 0. The summed E-state index contributed by atoms with van der Waals surface area (Å²) in [5.41, 5.74) is 2.40. The maximum absolute atomic E-state index is 12.7. The monoisotopic (exact) mass is 697 g/mol. The van der Waals surface area contributed by atoms with Crippen LogP contribution >= 0.6 is 0 Å². The molecular formula is C49H76O2. The van der Waals surface area contributed by atoms with E-state index in [0.29, 0.717) is 5.41 Å². The Morgan fingerprint density at radius 1 is 0.765 bits per heavy atom. The van der Waals surface area contributed by atoms with Gasteiger partial charge >= 0.3 is 5.97 Å². The topological polar surface area (TPSA) is 26.3 Å². The molecular weight excluding hydrogens is 621 g/mol. The number of fused-ring (bicyclic) bond motifs is 5. The number of hydrogen-bond donors (Lipinski definition) is 0. The minimum atomic E-state index is -0.218. The van der Waals surface area contributed by atoms with Crippen molar-refractivity contribution in [2.45, 2.75) is 170 Å². The normalized spacial score (nSPS) is 31.7. The molecule has 0 aromatic carbocycles. The molecule has 51 heavy (non-hydrogen) atoms. The van der Waals surface area contributed by atoms with E-state index in [1.807, 2.05) is 36.5 Å². The zero-order chi connectivity index (χ0) is 36.5. The van der Waals surface area contributed by atoms with E-state index in [9.17, 15) is 4.79 Å². The molecule has 4 aliphatic rings. The lowest BCUT2D eigenvalue weighted by Gasteiger charge is -2.58. The molecule has 3 fully saturated rings. The fourth-order valence-electron chi connectivity index (χ4n) is 11.0. The van der Waals surface area contributed by atoms with Gasteiger partial charge in [-0.3, -0.25) is 0 Å². The predicted octanol–water partition coefficient (Wildman–Crippen LogP) is 14.4. The second-order valence-electron chi connectivity index (χ2n) is 17.8. The van der Waals surface area contributed by atoms with Crippen LogP contribution in [-0.2, 0) is 9.53 Å². The molecule has 284 valence electrons. The van der Waals surface area contributed by atoms with E-state index >= 15 is 0 Å². The van der Waals surface area contributed by atoms with E-state index in [4.69, 9.17) is 4.74 Å². The van der Waals surface area contributed by atoms with Crippen LogP contribution in [0.25, 0.3) is 0 Å². The smallest absolute Gasteiger partial charge is 0.331 e. The van der Waals surface area contributed by atoms with Crippen molar-refractivity contribution >= 4 is 5.97 Å². The molecule has 8 atom stereocenters. The minimum Gasteiger partial charge on any atom is -0.459 e. The van der Waals surface area contributed by atoms with Gasteiger partial charge in [0.2, 0.25) is 0 Å². The number of rotatable bonds is 20. The molecule has 0 heterocycles. The highest BCUT2D eigenvalue weighted by Crippen LogP contribution is 2.67. The Morgan fingerprint density at radius 2 is 1.43 bits per heavy atom. The van der Waals surface area contributed by atoms with Crippen molar-refractivity contribution in [3.8, 4) is 0 Å². The first kappa shape index (κ1) is 41.4. The van der Waals surface area contributed by atoms with Crippen LogP contribution in [0.15, 0.2) is 84.6 Å². The number of unbranched alkanes of at least 4 members (excludes halogenated alkanes) is 7. The molecule has 4 unspecified atom stereocenters. The van der Waals surface area contributed by atoms with Crippen molar-refractivity contribution in [2.24, 2.45) is 46.3 Å². The fourth-order valence-corrected chi connectivity index (χ4v) is 11.0. The average Bonchev–Trinajstić information content (AvgIpc) is 3.46. The van der Waals surface area contributed by atoms with Crippen molar-refractivity contribution in [3.63, 3.8) is 0 Å². The van der Waals surface area contributed by atoms with Crippen LogP contribution in [0.2, 0.25) is 0 Å². The quantitative estimate of drug-likeness (QED) is 0.0416. The number of allylic oxidation sites excluding steroid dienone is 12. The first-order chi connectivity index (χ1) is 24.7. The van der Waals surface area contributed by atoms with Gasteiger partial charge in [-0.2, -0.15) is 0 Å². The Hall–Kier alpha value is -2.35. The van der Waals surface area contributed by atoms with E-state index in [1.54, 1.807) is 17.7 Å². The Balaban J connectivity index is 1.15. The zero-order valence-electron chi connectivity index (χ0n) is 33.8. The van der Waals surface area contributed by atoms with Crippen LogP contribution in [0.1, 0.15) is 164 Å². The molecule has 0 saturated heterocycles. The largest absolute Gasteiger partial charge is 0.459 e. The van der Waals surface area contributed by atoms with Crippen LogP contribution < -0.4 is 0 Å². The van der Waals surface area contributed by atoms with Crippen molar-refractivity contribution in [2.75, 3.05) is 0 Å². The Kier molecular flexibility index (Phi) is 17.4. The zero-order valence-corrected chi connectivity index (χ0v) is 33.8. The highest BCUT2D eigenvalue weighted by atomic mass is 16.5. The molecule has 0 aromatic heterocycles. The molecule has 0 N–H and O–H groups in total. The van der Waals surface area contributed by atoms with E-state index in [1.165, 1.54) is 103 Å². The van der Waals surface area contributed by atoms with Gasteiger partial charge in [-0.15, -0.1) is 0 Å². The SMILES string of the molecule is CCCCCCCCCC=CC=CC=CC=CC=CC=CC(=O)OC1CC[C@@]2(C)C(=CCC3C2CC[C@@]2(C)C3CC[C@@H]2[C@H](C)CCCC(C)C)C1. The predicted molar refractivity (Wildman–Crippen MR) is 220 cm³/mol. The summed E-state index contributed by atoms with van der Waals surface area (Å²) < 4.78 is 5.99. The van der Waals surface area contributed by atoms with Gasteiger partial charge in [0.05, 0.1) is 0 Å². The third-order valence-corrected chi connectivity index (χ3v) is 13.9. The third kappa shape index (κ3) is 12.1. The Bertz CT molecular complexity index is 1260. The van der Waals surface area contributed by atoms with Crippen LogP contribution in [0, 0.1) is 46.3 Å². The maximum Gasteiger partial charge on any atom is 0.331 e. The summed E-state index contributed by atoms with van der Waals surface area (Å²) in [4.78, 5) is 12.7. The van der Waals surface area contributed by atoms with Crippen LogP contribution in [-0.4, -0.2) is 12.1 Å². The number of hydrogen-bond acceptors (Lipinski definition) is 2. The number of ether oxygens (including phenoxy) is 1. The molecule has 0 spiro atoms. The molecule has 0 bridgehead atoms. The van der Waals surface area contributed by atoms with Gasteiger partial charge in [0.15, 0.2) is 0 Å². The lowest BCUT2D eigenvalue weighted by molar-refractivity contribution is -0.145. The number of carbonyl (C=O) groups is 1. The van der Waals surface area contributed by atoms with Crippen molar-refractivity contribution in [3.05, 3.63) is 84.6 Å². The van der Waals surface area contributed by atoms with Crippen molar-refractivity contribution in [1.82, 2.24) is 0 Å². The summed E-state index contributed by atoms with van der Waals surface area (Å²) >= 11 is 0. The molecule has 2 heteroatoms. The summed E-state index contributed by atoms with van der Waals surface area (Å²) in [6, 6.07) is 0. The minimum absolute atomic E-state index is 0.00617.